The molecule has 158 valence electrons. The zero-order valence-electron chi connectivity index (χ0n) is 17.5. The lowest BCUT2D eigenvalue weighted by Crippen LogP contribution is -2.40. The lowest BCUT2D eigenvalue weighted by molar-refractivity contribution is 0.110. The van der Waals surface area contributed by atoms with Crippen LogP contribution in [0.3, 0.4) is 0 Å². The first kappa shape index (κ1) is 23.5. The Hall–Kier alpha value is -1.80. The van der Waals surface area contributed by atoms with Crippen LogP contribution in [0, 0.1) is 6.92 Å². The molecule has 0 aliphatic heterocycles. The van der Waals surface area contributed by atoms with Crippen LogP contribution in [0.15, 0.2) is 47.5 Å². The molecule has 2 aromatic rings. The van der Waals surface area contributed by atoms with Gasteiger partial charge in [-0.05, 0) is 43.0 Å². The lowest BCUT2D eigenvalue weighted by atomic mass is 9.78. The molecule has 29 heavy (non-hydrogen) atoms. The van der Waals surface area contributed by atoms with Gasteiger partial charge in [0.2, 0.25) is 0 Å². The fraction of sp³-hybridized carbons (Fsp3) is 0.435. The molecule has 1 aliphatic rings. The fourth-order valence-corrected chi connectivity index (χ4v) is 3.46. The largest absolute Gasteiger partial charge is 0.491 e. The van der Waals surface area contributed by atoms with Crippen molar-refractivity contribution in [3.05, 3.63) is 64.7 Å². The normalized spacial score (nSPS) is 15.0. The standard InChI is InChI=1S/C23H31N3O2.HI/c1-4-27-11-12-28-22-13-17(2)9-10-19(22)15-25-23(24-3)26-16-20-14-18-7-5-6-8-21(18)20;/h5-10,13,20H,4,11-12,14-16H2,1-3H3,(H2,24,25,26);1H. The van der Waals surface area contributed by atoms with E-state index in [9.17, 15) is 0 Å². The Morgan fingerprint density at radius 3 is 2.72 bits per heavy atom. The zero-order valence-corrected chi connectivity index (χ0v) is 19.9. The van der Waals surface area contributed by atoms with Crippen LogP contribution in [0.2, 0.25) is 0 Å². The first-order valence-corrected chi connectivity index (χ1v) is 10.0. The van der Waals surface area contributed by atoms with E-state index in [1.807, 2.05) is 6.92 Å². The summed E-state index contributed by atoms with van der Waals surface area (Å²) in [7, 11) is 1.80. The summed E-state index contributed by atoms with van der Waals surface area (Å²) in [5, 5.41) is 6.85. The van der Waals surface area contributed by atoms with Crippen molar-refractivity contribution in [2.75, 3.05) is 33.4 Å². The number of fused-ring (bicyclic) bond motifs is 1. The maximum absolute atomic E-state index is 5.92. The summed E-state index contributed by atoms with van der Waals surface area (Å²) in [5.41, 5.74) is 5.21. The van der Waals surface area contributed by atoms with Crippen molar-refractivity contribution in [1.29, 1.82) is 0 Å². The molecule has 0 aromatic heterocycles. The van der Waals surface area contributed by atoms with Gasteiger partial charge in [-0.2, -0.15) is 0 Å². The molecule has 1 atom stereocenters. The second-order valence-electron chi connectivity index (χ2n) is 7.06. The van der Waals surface area contributed by atoms with Crippen molar-refractivity contribution < 1.29 is 9.47 Å². The van der Waals surface area contributed by atoms with Gasteiger partial charge in [-0.3, -0.25) is 4.99 Å². The summed E-state index contributed by atoms with van der Waals surface area (Å²) < 4.78 is 11.3. The highest BCUT2D eigenvalue weighted by Gasteiger charge is 2.25. The Morgan fingerprint density at radius 1 is 1.14 bits per heavy atom. The summed E-state index contributed by atoms with van der Waals surface area (Å²) in [6, 6.07) is 14.9. The molecular formula is C23H32IN3O2. The predicted molar refractivity (Wildman–Crippen MR) is 130 cm³/mol. The van der Waals surface area contributed by atoms with Crippen LogP contribution >= 0.6 is 24.0 Å². The fourth-order valence-electron chi connectivity index (χ4n) is 3.46. The number of hydrogen-bond donors (Lipinski definition) is 2. The molecule has 2 aromatic carbocycles. The third-order valence-electron chi connectivity index (χ3n) is 5.06. The quantitative estimate of drug-likeness (QED) is 0.232. The molecule has 0 saturated carbocycles. The average Bonchev–Trinajstić information content (AvgIpc) is 2.69. The minimum absolute atomic E-state index is 0. The number of nitrogens with one attached hydrogen (secondary N) is 2. The van der Waals surface area contributed by atoms with Gasteiger partial charge in [0.1, 0.15) is 12.4 Å². The van der Waals surface area contributed by atoms with Crippen molar-refractivity contribution >= 4 is 29.9 Å². The van der Waals surface area contributed by atoms with Gasteiger partial charge in [-0.25, -0.2) is 0 Å². The van der Waals surface area contributed by atoms with E-state index in [0.29, 0.717) is 32.3 Å². The number of rotatable bonds is 9. The third kappa shape index (κ3) is 6.60. The van der Waals surface area contributed by atoms with Gasteiger partial charge in [0.05, 0.1) is 6.61 Å². The van der Waals surface area contributed by atoms with E-state index in [0.717, 1.165) is 30.2 Å². The molecule has 1 aliphatic carbocycles. The van der Waals surface area contributed by atoms with Crippen LogP contribution in [-0.2, 0) is 17.7 Å². The minimum atomic E-state index is 0. The minimum Gasteiger partial charge on any atom is -0.491 e. The van der Waals surface area contributed by atoms with Crippen LogP contribution in [-0.4, -0.2) is 39.4 Å². The van der Waals surface area contributed by atoms with Crippen LogP contribution < -0.4 is 15.4 Å². The third-order valence-corrected chi connectivity index (χ3v) is 5.06. The molecule has 0 bridgehead atoms. The number of ether oxygens (including phenoxy) is 2. The molecule has 0 amide bonds. The predicted octanol–water partition coefficient (Wildman–Crippen LogP) is 4.03. The molecule has 0 radical (unpaired) electrons. The highest BCUT2D eigenvalue weighted by molar-refractivity contribution is 14.0. The molecular weight excluding hydrogens is 477 g/mol. The number of guanidine groups is 1. The van der Waals surface area contributed by atoms with E-state index in [2.05, 4.69) is 65.0 Å². The highest BCUT2D eigenvalue weighted by atomic mass is 127. The number of hydrogen-bond acceptors (Lipinski definition) is 3. The van der Waals surface area contributed by atoms with Crippen LogP contribution in [0.4, 0.5) is 0 Å². The topological polar surface area (TPSA) is 54.9 Å². The molecule has 3 rings (SSSR count). The number of aliphatic imine (C=N–C) groups is 1. The zero-order chi connectivity index (χ0) is 19.8. The molecule has 2 N–H and O–H groups in total. The SMILES string of the molecule is CCOCCOc1cc(C)ccc1CNC(=NC)NCC1Cc2ccccc21.I. The van der Waals surface area contributed by atoms with Gasteiger partial charge in [0, 0.05) is 38.2 Å². The Bertz CT molecular complexity index is 810. The molecule has 0 fully saturated rings. The number of nitrogens with zero attached hydrogens (tertiary/aromatic N) is 1. The highest BCUT2D eigenvalue weighted by Crippen LogP contribution is 2.33. The Kier molecular flexibility index (Phi) is 9.73. The van der Waals surface area contributed by atoms with E-state index >= 15 is 0 Å². The van der Waals surface area contributed by atoms with E-state index in [1.165, 1.54) is 16.7 Å². The Morgan fingerprint density at radius 2 is 1.97 bits per heavy atom. The summed E-state index contributed by atoms with van der Waals surface area (Å²) in [6.07, 6.45) is 1.13. The Balaban J connectivity index is 0.00000300. The van der Waals surface area contributed by atoms with E-state index in [4.69, 9.17) is 9.47 Å². The number of aryl methyl sites for hydroxylation is 1. The maximum atomic E-state index is 5.92. The van der Waals surface area contributed by atoms with Gasteiger partial charge in [0.15, 0.2) is 5.96 Å². The van der Waals surface area contributed by atoms with Gasteiger partial charge < -0.3 is 20.1 Å². The van der Waals surface area contributed by atoms with Crippen LogP contribution in [0.5, 0.6) is 5.75 Å². The van der Waals surface area contributed by atoms with Crippen LogP contribution in [0.1, 0.15) is 35.1 Å². The monoisotopic (exact) mass is 509 g/mol. The summed E-state index contributed by atoms with van der Waals surface area (Å²) >= 11 is 0. The van der Waals surface area contributed by atoms with Gasteiger partial charge in [0.25, 0.3) is 0 Å². The molecule has 0 heterocycles. The number of halogens is 1. The average molecular weight is 509 g/mol. The molecule has 1 unspecified atom stereocenters. The van der Waals surface area contributed by atoms with E-state index < -0.39 is 0 Å². The van der Waals surface area contributed by atoms with E-state index in [1.54, 1.807) is 7.05 Å². The van der Waals surface area contributed by atoms with Crippen LogP contribution in [0.25, 0.3) is 0 Å². The lowest BCUT2D eigenvalue weighted by Gasteiger charge is -2.30. The van der Waals surface area contributed by atoms with Crippen molar-refractivity contribution in [3.63, 3.8) is 0 Å². The van der Waals surface area contributed by atoms with Gasteiger partial charge in [-0.1, -0.05) is 36.4 Å². The first-order chi connectivity index (χ1) is 13.7. The van der Waals surface area contributed by atoms with Crippen molar-refractivity contribution in [2.24, 2.45) is 4.99 Å². The molecule has 0 spiro atoms. The molecule has 5 nitrogen and oxygen atoms in total. The first-order valence-electron chi connectivity index (χ1n) is 10.0. The summed E-state index contributed by atoms with van der Waals surface area (Å²) in [4.78, 5) is 4.36. The molecule has 0 saturated heterocycles. The second-order valence-corrected chi connectivity index (χ2v) is 7.06. The summed E-state index contributed by atoms with van der Waals surface area (Å²) in [5.74, 6) is 2.27. The smallest absolute Gasteiger partial charge is 0.191 e. The van der Waals surface area contributed by atoms with Crippen molar-refractivity contribution in [2.45, 2.75) is 32.7 Å². The second kappa shape index (κ2) is 12.0. The van der Waals surface area contributed by atoms with Gasteiger partial charge in [-0.15, -0.1) is 24.0 Å². The van der Waals surface area contributed by atoms with E-state index in [-0.39, 0.29) is 24.0 Å². The van der Waals surface area contributed by atoms with Gasteiger partial charge >= 0.3 is 0 Å². The Labute approximate surface area is 191 Å². The maximum Gasteiger partial charge on any atom is 0.191 e. The molecule has 6 heteroatoms. The van der Waals surface area contributed by atoms with Crippen molar-refractivity contribution in [3.8, 4) is 5.75 Å². The number of benzene rings is 2. The van der Waals surface area contributed by atoms with Crippen molar-refractivity contribution in [1.82, 2.24) is 10.6 Å². The summed E-state index contributed by atoms with van der Waals surface area (Å²) in [6.45, 7) is 7.47.